The molecule has 0 radical (unpaired) electrons. The van der Waals surface area contributed by atoms with Crippen LogP contribution in [0.4, 0.5) is 11.4 Å². The highest BCUT2D eigenvalue weighted by Crippen LogP contribution is 2.35. The van der Waals surface area contributed by atoms with Crippen LogP contribution in [0.15, 0.2) is 67.4 Å². The molecular weight excluding hydrogens is 468 g/mol. The van der Waals surface area contributed by atoms with Crippen molar-refractivity contribution in [3.8, 4) is 17.2 Å². The summed E-state index contributed by atoms with van der Waals surface area (Å²) in [5.41, 5.74) is 7.79. The van der Waals surface area contributed by atoms with Gasteiger partial charge in [-0.2, -0.15) is 5.10 Å². The predicted octanol–water partition coefficient (Wildman–Crippen LogP) is 5.56. The number of methoxy groups -OCH3 is 1. The molecule has 0 spiro atoms. The van der Waals surface area contributed by atoms with Crippen LogP contribution in [-0.2, 0) is 0 Å². The normalized spacial score (nSPS) is 10.9. The van der Waals surface area contributed by atoms with Gasteiger partial charge in [-0.05, 0) is 38.1 Å². The molecular formula is C25H25ClN6O3. The molecule has 10 heteroatoms. The van der Waals surface area contributed by atoms with E-state index in [9.17, 15) is 4.79 Å². The van der Waals surface area contributed by atoms with E-state index in [1.165, 1.54) is 7.11 Å². The smallest absolute Gasteiger partial charge is 0.252 e. The minimum absolute atomic E-state index is 0.236. The van der Waals surface area contributed by atoms with Crippen molar-refractivity contribution in [3.63, 3.8) is 0 Å². The second-order valence-electron chi connectivity index (χ2n) is 8.02. The van der Waals surface area contributed by atoms with Gasteiger partial charge in [0.25, 0.3) is 5.91 Å². The van der Waals surface area contributed by atoms with E-state index in [1.807, 2.05) is 10.9 Å². The van der Waals surface area contributed by atoms with Gasteiger partial charge in [0.05, 0.1) is 40.8 Å². The van der Waals surface area contributed by atoms with Gasteiger partial charge in [-0.15, -0.1) is 0 Å². The first-order chi connectivity index (χ1) is 16.7. The first kappa shape index (κ1) is 23.9. The first-order valence-corrected chi connectivity index (χ1v) is 11.1. The Morgan fingerprint density at radius 2 is 1.97 bits per heavy atom. The molecule has 0 aliphatic heterocycles. The van der Waals surface area contributed by atoms with Crippen LogP contribution in [0, 0.1) is 0 Å². The number of carbonyl (C=O) groups is 1. The lowest BCUT2D eigenvalue weighted by molar-refractivity contribution is 0.0997. The number of rotatable bonds is 9. The van der Waals surface area contributed by atoms with Crippen LogP contribution in [0.1, 0.15) is 30.2 Å². The van der Waals surface area contributed by atoms with Gasteiger partial charge < -0.3 is 25.8 Å². The Morgan fingerprint density at radius 3 is 2.63 bits per heavy atom. The van der Waals surface area contributed by atoms with E-state index in [4.69, 9.17) is 26.8 Å². The minimum Gasteiger partial charge on any atom is -0.496 e. The molecule has 0 unspecified atom stereocenters. The fraction of sp³-hybridized carbons (Fsp3) is 0.160. The van der Waals surface area contributed by atoms with Crippen molar-refractivity contribution in [2.75, 3.05) is 17.7 Å². The van der Waals surface area contributed by atoms with Gasteiger partial charge in [-0.3, -0.25) is 14.5 Å². The van der Waals surface area contributed by atoms with Crippen molar-refractivity contribution in [1.29, 1.82) is 0 Å². The number of carbonyl (C=O) groups excluding carboxylic acids is 1. The number of hydrogen-bond donors (Lipinski definition) is 3. The van der Waals surface area contributed by atoms with Crippen LogP contribution in [0.2, 0.25) is 5.02 Å². The molecule has 1 amide bonds. The zero-order valence-corrected chi connectivity index (χ0v) is 20.3. The number of fused-ring (bicyclic) bond motifs is 1. The summed E-state index contributed by atoms with van der Waals surface area (Å²) in [6, 6.07) is 10.4. The fourth-order valence-corrected chi connectivity index (χ4v) is 3.66. The molecule has 180 valence electrons. The minimum atomic E-state index is -0.609. The first-order valence-electron chi connectivity index (χ1n) is 10.8. The van der Waals surface area contributed by atoms with Crippen molar-refractivity contribution < 1.29 is 14.3 Å². The molecule has 0 fully saturated rings. The van der Waals surface area contributed by atoms with Crippen LogP contribution in [0.3, 0.4) is 0 Å². The van der Waals surface area contributed by atoms with E-state index >= 15 is 0 Å². The molecule has 35 heavy (non-hydrogen) atoms. The highest BCUT2D eigenvalue weighted by molar-refractivity contribution is 6.33. The van der Waals surface area contributed by atoms with E-state index in [0.29, 0.717) is 44.7 Å². The third-order valence-corrected chi connectivity index (χ3v) is 5.48. The quantitative estimate of drug-likeness (QED) is 0.280. The van der Waals surface area contributed by atoms with E-state index in [1.54, 1.807) is 48.8 Å². The number of aromatic nitrogens is 3. The number of amides is 1. The van der Waals surface area contributed by atoms with Crippen molar-refractivity contribution in [2.24, 2.45) is 5.73 Å². The highest BCUT2D eigenvalue weighted by atomic mass is 35.5. The Kier molecular flexibility index (Phi) is 6.79. The summed E-state index contributed by atoms with van der Waals surface area (Å²) in [4.78, 5) is 16.2. The number of ether oxygens (including phenoxy) is 2. The average molecular weight is 493 g/mol. The maximum absolute atomic E-state index is 11.9. The fourth-order valence-electron chi connectivity index (χ4n) is 3.44. The molecule has 0 bridgehead atoms. The van der Waals surface area contributed by atoms with Gasteiger partial charge in [0.1, 0.15) is 23.1 Å². The van der Waals surface area contributed by atoms with Crippen LogP contribution in [-0.4, -0.2) is 27.8 Å². The predicted molar refractivity (Wildman–Crippen MR) is 137 cm³/mol. The van der Waals surface area contributed by atoms with E-state index in [2.05, 4.69) is 41.1 Å². The molecule has 2 aromatic carbocycles. The number of halogens is 1. The van der Waals surface area contributed by atoms with Gasteiger partial charge in [0.15, 0.2) is 0 Å². The Bertz CT molecular complexity index is 1420. The number of benzene rings is 2. The number of nitrogens with one attached hydrogen (secondary N) is 2. The highest BCUT2D eigenvalue weighted by Gasteiger charge is 2.15. The zero-order valence-electron chi connectivity index (χ0n) is 19.5. The summed E-state index contributed by atoms with van der Waals surface area (Å²) in [7, 11) is 1.47. The molecule has 9 nitrogen and oxygen atoms in total. The summed E-state index contributed by atoms with van der Waals surface area (Å²) >= 11 is 6.50. The van der Waals surface area contributed by atoms with Gasteiger partial charge in [0.2, 0.25) is 0 Å². The number of nitrogens with zero attached hydrogens (tertiary/aromatic N) is 3. The summed E-state index contributed by atoms with van der Waals surface area (Å²) in [5.74, 6) is 1.27. The van der Waals surface area contributed by atoms with Crippen LogP contribution >= 0.6 is 11.6 Å². The largest absolute Gasteiger partial charge is 0.496 e. The lowest BCUT2D eigenvalue weighted by Gasteiger charge is -2.14. The Labute approximate surface area is 207 Å². The number of anilines is 2. The third-order valence-electron chi connectivity index (χ3n) is 5.17. The second kappa shape index (κ2) is 9.94. The van der Waals surface area contributed by atoms with Gasteiger partial charge in [0, 0.05) is 36.0 Å². The molecule has 0 saturated heterocycles. The summed E-state index contributed by atoms with van der Waals surface area (Å²) in [5, 5.41) is 11.6. The molecule has 2 heterocycles. The van der Waals surface area contributed by atoms with Crippen molar-refractivity contribution in [1.82, 2.24) is 14.8 Å². The summed E-state index contributed by atoms with van der Waals surface area (Å²) in [6.07, 6.45) is 5.23. The van der Waals surface area contributed by atoms with Crippen LogP contribution in [0.25, 0.3) is 10.9 Å². The molecule has 2 aromatic heterocycles. The maximum atomic E-state index is 11.9. The van der Waals surface area contributed by atoms with Crippen molar-refractivity contribution in [3.05, 3.63) is 78.0 Å². The van der Waals surface area contributed by atoms with E-state index < -0.39 is 5.91 Å². The van der Waals surface area contributed by atoms with Gasteiger partial charge in [-0.1, -0.05) is 18.2 Å². The Morgan fingerprint density at radius 1 is 1.17 bits per heavy atom. The lowest BCUT2D eigenvalue weighted by Crippen LogP contribution is -2.12. The number of primary amides is 1. The van der Waals surface area contributed by atoms with Crippen molar-refractivity contribution >= 4 is 39.8 Å². The SMILES string of the molecule is C=C(Nc1cnn(C(C)C)c1)Nc1ccc(Oc2ccnc3cc(OC)c(C(N)=O)cc23)cc1Cl. The molecule has 0 aliphatic rings. The monoisotopic (exact) mass is 492 g/mol. The Hall–Kier alpha value is -4.24. The van der Waals surface area contributed by atoms with Gasteiger partial charge >= 0.3 is 0 Å². The molecule has 4 aromatic rings. The van der Waals surface area contributed by atoms with Gasteiger partial charge in [-0.25, -0.2) is 0 Å². The summed E-state index contributed by atoms with van der Waals surface area (Å²) in [6.45, 7) is 8.10. The standard InChI is InChI=1S/C25H25ClN6O3/c1-14(2)32-13-16(12-29-32)30-15(3)31-21-6-5-17(9-20(21)26)35-23-7-8-28-22-11-24(34-4)19(25(27)33)10-18(22)23/h5-14,30-31H,3H2,1-2,4H3,(H2,27,33). The average Bonchev–Trinajstić information content (AvgIpc) is 3.29. The van der Waals surface area contributed by atoms with Crippen molar-refractivity contribution in [2.45, 2.75) is 19.9 Å². The van der Waals surface area contributed by atoms with Crippen LogP contribution < -0.4 is 25.8 Å². The van der Waals surface area contributed by atoms with E-state index in [-0.39, 0.29) is 11.6 Å². The maximum Gasteiger partial charge on any atom is 0.252 e. The van der Waals surface area contributed by atoms with E-state index in [0.717, 1.165) is 5.69 Å². The summed E-state index contributed by atoms with van der Waals surface area (Å²) < 4.78 is 13.2. The number of pyridine rings is 1. The lowest BCUT2D eigenvalue weighted by atomic mass is 10.1. The number of nitrogens with two attached hydrogens (primary N) is 1. The third kappa shape index (κ3) is 5.30. The molecule has 0 aliphatic carbocycles. The molecule has 0 atom stereocenters. The molecule has 4 N–H and O–H groups in total. The molecule has 0 saturated carbocycles. The number of hydrogen-bond acceptors (Lipinski definition) is 7. The zero-order chi connectivity index (χ0) is 25.1. The molecule has 4 rings (SSSR count). The Balaban J connectivity index is 1.52. The van der Waals surface area contributed by atoms with Crippen LogP contribution in [0.5, 0.6) is 17.2 Å². The topological polar surface area (TPSA) is 116 Å². The second-order valence-corrected chi connectivity index (χ2v) is 8.43.